The van der Waals surface area contributed by atoms with E-state index in [1.165, 1.54) is 28.8 Å². The maximum absolute atomic E-state index is 13.9. The lowest BCUT2D eigenvalue weighted by atomic mass is 10.1. The minimum Gasteiger partial charge on any atom is -0.494 e. The number of nitrogens with zero attached hydrogens (tertiary/aromatic N) is 2. The molecule has 2 heterocycles. The number of amides is 1. The van der Waals surface area contributed by atoms with Crippen molar-refractivity contribution in [3.63, 3.8) is 0 Å². The minimum absolute atomic E-state index is 0.129. The van der Waals surface area contributed by atoms with E-state index in [1.807, 2.05) is 18.2 Å². The van der Waals surface area contributed by atoms with Gasteiger partial charge in [-0.15, -0.1) is 11.3 Å². The Morgan fingerprint density at radius 3 is 2.74 bits per heavy atom. The summed E-state index contributed by atoms with van der Waals surface area (Å²) in [4.78, 5) is 20.5. The molecule has 0 radical (unpaired) electrons. The van der Waals surface area contributed by atoms with Gasteiger partial charge in [-0.1, -0.05) is 12.1 Å². The summed E-state index contributed by atoms with van der Waals surface area (Å²) in [6.45, 7) is 3.92. The first-order chi connectivity index (χ1) is 13.1. The van der Waals surface area contributed by atoms with Crippen LogP contribution in [0.25, 0.3) is 10.2 Å². The van der Waals surface area contributed by atoms with Crippen molar-refractivity contribution in [1.82, 2.24) is 9.88 Å². The molecule has 0 spiro atoms. The lowest BCUT2D eigenvalue weighted by Crippen LogP contribution is -3.13. The summed E-state index contributed by atoms with van der Waals surface area (Å²) in [5, 5.41) is 1.13. The third kappa shape index (κ3) is 3.79. The Labute approximate surface area is 161 Å². The number of carbonyl (C=O) groups is 1. The number of rotatable bonds is 4. The van der Waals surface area contributed by atoms with Crippen LogP contribution in [0.4, 0.5) is 4.39 Å². The van der Waals surface area contributed by atoms with E-state index in [0.717, 1.165) is 30.2 Å². The monoisotopic (exact) mass is 386 g/mol. The number of fused-ring (bicyclic) bond motifs is 1. The molecule has 140 valence electrons. The van der Waals surface area contributed by atoms with Gasteiger partial charge in [0.1, 0.15) is 11.6 Å². The highest BCUT2D eigenvalue weighted by Gasteiger charge is 2.26. The average Bonchev–Trinajstić information content (AvgIpc) is 3.10. The summed E-state index contributed by atoms with van der Waals surface area (Å²) in [7, 11) is 1.41. The number of halogens is 1. The van der Waals surface area contributed by atoms with Gasteiger partial charge < -0.3 is 14.5 Å². The Kier molecular flexibility index (Phi) is 5.05. The van der Waals surface area contributed by atoms with E-state index in [2.05, 4.69) is 6.07 Å². The zero-order valence-corrected chi connectivity index (χ0v) is 15.9. The van der Waals surface area contributed by atoms with Gasteiger partial charge >= 0.3 is 0 Å². The first-order valence-electron chi connectivity index (χ1n) is 8.95. The molecular formula is C20H21FN3O2S+. The molecule has 27 heavy (non-hydrogen) atoms. The van der Waals surface area contributed by atoms with E-state index < -0.39 is 5.82 Å². The fourth-order valence-corrected chi connectivity index (χ4v) is 4.43. The van der Waals surface area contributed by atoms with E-state index >= 15 is 0 Å². The molecule has 0 atom stereocenters. The van der Waals surface area contributed by atoms with Crippen LogP contribution in [-0.4, -0.2) is 49.1 Å². The summed E-state index contributed by atoms with van der Waals surface area (Å²) in [5.41, 5.74) is 1.41. The number of para-hydroxylation sites is 1. The van der Waals surface area contributed by atoms with Crippen molar-refractivity contribution < 1.29 is 18.8 Å². The molecule has 1 saturated heterocycles. The second-order valence-corrected chi connectivity index (χ2v) is 7.76. The predicted molar refractivity (Wildman–Crippen MR) is 103 cm³/mol. The molecule has 0 bridgehead atoms. The van der Waals surface area contributed by atoms with Gasteiger partial charge in [0, 0.05) is 5.56 Å². The number of methoxy groups -OCH3 is 1. The first-order valence-corrected chi connectivity index (χ1v) is 9.76. The first kappa shape index (κ1) is 17.9. The number of hydrogen-bond donors (Lipinski definition) is 1. The minimum atomic E-state index is -0.511. The number of carbonyl (C=O) groups excluding carboxylic acids is 1. The summed E-state index contributed by atoms with van der Waals surface area (Å²) < 4.78 is 20.0. The molecule has 4 rings (SSSR count). The van der Waals surface area contributed by atoms with E-state index in [0.29, 0.717) is 18.7 Å². The van der Waals surface area contributed by atoms with Crippen LogP contribution in [0.1, 0.15) is 15.4 Å². The van der Waals surface area contributed by atoms with Gasteiger partial charge in [0.2, 0.25) is 0 Å². The molecular weight excluding hydrogens is 365 g/mol. The molecule has 1 fully saturated rings. The molecule has 2 aromatic carbocycles. The van der Waals surface area contributed by atoms with Gasteiger partial charge in [-0.05, 0) is 30.3 Å². The Balaban J connectivity index is 1.36. The van der Waals surface area contributed by atoms with Crippen LogP contribution in [-0.2, 0) is 6.54 Å². The quantitative estimate of drug-likeness (QED) is 0.746. The van der Waals surface area contributed by atoms with Crippen LogP contribution in [0.15, 0.2) is 42.5 Å². The molecule has 7 heteroatoms. The van der Waals surface area contributed by atoms with Crippen molar-refractivity contribution in [1.29, 1.82) is 0 Å². The second kappa shape index (κ2) is 7.62. The molecule has 1 N–H and O–H groups in total. The molecule has 1 amide bonds. The van der Waals surface area contributed by atoms with Crippen LogP contribution in [0.5, 0.6) is 5.75 Å². The van der Waals surface area contributed by atoms with Crippen molar-refractivity contribution in [2.45, 2.75) is 6.54 Å². The van der Waals surface area contributed by atoms with Crippen molar-refractivity contribution in [3.05, 3.63) is 58.9 Å². The molecule has 1 aliphatic rings. The fourth-order valence-electron chi connectivity index (χ4n) is 3.39. The summed E-state index contributed by atoms with van der Waals surface area (Å²) in [6, 6.07) is 12.5. The van der Waals surface area contributed by atoms with Crippen LogP contribution in [0.3, 0.4) is 0 Å². The van der Waals surface area contributed by atoms with Crippen molar-refractivity contribution >= 4 is 27.5 Å². The van der Waals surface area contributed by atoms with Crippen molar-refractivity contribution in [2.75, 3.05) is 33.3 Å². The number of ether oxygens (including phenoxy) is 1. The number of piperazine rings is 1. The second-order valence-electron chi connectivity index (χ2n) is 6.64. The number of benzene rings is 2. The van der Waals surface area contributed by atoms with Crippen LogP contribution in [0, 0.1) is 5.82 Å². The third-order valence-electron chi connectivity index (χ3n) is 4.90. The van der Waals surface area contributed by atoms with Gasteiger partial charge in [0.25, 0.3) is 5.91 Å². The zero-order chi connectivity index (χ0) is 18.8. The molecule has 0 aliphatic carbocycles. The topological polar surface area (TPSA) is 46.9 Å². The standard InChI is InChI=1S/C20H20FN3O2S/c1-26-17-7-6-14(12-15(17)21)20(25)24-10-8-23(9-11-24)13-19-22-16-4-2-3-5-18(16)27-19/h2-7,12H,8-11,13H2,1H3/p+1. The fraction of sp³-hybridized carbons (Fsp3) is 0.300. The van der Waals surface area contributed by atoms with E-state index in [1.54, 1.807) is 22.3 Å². The van der Waals surface area contributed by atoms with Gasteiger partial charge in [-0.2, -0.15) is 0 Å². The summed E-state index contributed by atoms with van der Waals surface area (Å²) >= 11 is 1.73. The summed E-state index contributed by atoms with van der Waals surface area (Å²) in [6.07, 6.45) is 0. The maximum Gasteiger partial charge on any atom is 0.254 e. The van der Waals surface area contributed by atoms with Crippen LogP contribution in [0.2, 0.25) is 0 Å². The lowest BCUT2D eigenvalue weighted by Gasteiger charge is -2.31. The smallest absolute Gasteiger partial charge is 0.254 e. The maximum atomic E-state index is 13.9. The number of hydrogen-bond acceptors (Lipinski definition) is 4. The Hall–Kier alpha value is -2.51. The molecule has 5 nitrogen and oxygen atoms in total. The van der Waals surface area contributed by atoms with Gasteiger partial charge in [0.05, 0.1) is 43.5 Å². The molecule has 0 saturated carbocycles. The number of nitrogens with one attached hydrogen (secondary N) is 1. The highest BCUT2D eigenvalue weighted by Crippen LogP contribution is 2.21. The normalized spacial score (nSPS) is 15.3. The highest BCUT2D eigenvalue weighted by atomic mass is 32.1. The zero-order valence-electron chi connectivity index (χ0n) is 15.1. The van der Waals surface area contributed by atoms with Crippen molar-refractivity contribution in [3.8, 4) is 5.75 Å². The van der Waals surface area contributed by atoms with Crippen LogP contribution >= 0.6 is 11.3 Å². The Morgan fingerprint density at radius 2 is 2.04 bits per heavy atom. The SMILES string of the molecule is COc1ccc(C(=O)N2CC[NH+](Cc3nc4ccccc4s3)CC2)cc1F. The van der Waals surface area contributed by atoms with Gasteiger partial charge in [-0.3, -0.25) is 4.79 Å². The number of quaternary nitrogens is 1. The number of thiazole rings is 1. The molecule has 1 aliphatic heterocycles. The van der Waals surface area contributed by atoms with Gasteiger partial charge in [-0.25, -0.2) is 9.37 Å². The third-order valence-corrected chi connectivity index (χ3v) is 5.93. The van der Waals surface area contributed by atoms with E-state index in [9.17, 15) is 9.18 Å². The number of aromatic nitrogens is 1. The van der Waals surface area contributed by atoms with Crippen molar-refractivity contribution in [2.24, 2.45) is 0 Å². The molecule has 1 aromatic heterocycles. The Morgan fingerprint density at radius 1 is 1.26 bits per heavy atom. The van der Waals surface area contributed by atoms with E-state index in [4.69, 9.17) is 9.72 Å². The highest BCUT2D eigenvalue weighted by molar-refractivity contribution is 7.18. The largest absolute Gasteiger partial charge is 0.494 e. The molecule has 3 aromatic rings. The molecule has 0 unspecified atom stereocenters. The van der Waals surface area contributed by atoms with E-state index in [-0.39, 0.29) is 11.7 Å². The summed E-state index contributed by atoms with van der Waals surface area (Å²) in [5.74, 6) is -0.490. The average molecular weight is 386 g/mol. The Bertz CT molecular complexity index is 934. The lowest BCUT2D eigenvalue weighted by molar-refractivity contribution is -0.917. The van der Waals surface area contributed by atoms with Crippen LogP contribution < -0.4 is 9.64 Å². The van der Waals surface area contributed by atoms with Gasteiger partial charge in [0.15, 0.2) is 11.6 Å². The predicted octanol–water partition coefficient (Wildman–Crippen LogP) is 1.98.